The molecule has 2 aromatic rings. The molecule has 0 saturated heterocycles. The number of nitrogens with zero attached hydrogens (tertiary/aromatic N) is 1. The molecule has 0 spiro atoms. The van der Waals surface area contributed by atoms with E-state index in [1.54, 1.807) is 6.20 Å². The fourth-order valence-corrected chi connectivity index (χ4v) is 2.18. The maximum absolute atomic E-state index is 4.33. The summed E-state index contributed by atoms with van der Waals surface area (Å²) in [5.41, 5.74) is 3.40. The van der Waals surface area contributed by atoms with Gasteiger partial charge in [0.15, 0.2) is 0 Å². The number of aryl methyl sites for hydroxylation is 2. The van der Waals surface area contributed by atoms with E-state index in [1.807, 2.05) is 25.1 Å². The van der Waals surface area contributed by atoms with Gasteiger partial charge in [0.1, 0.15) is 5.82 Å². The largest absolute Gasteiger partial charge is 0.339 e. The highest BCUT2D eigenvalue weighted by molar-refractivity contribution is 9.11. The molecule has 1 heterocycles. The van der Waals surface area contributed by atoms with Gasteiger partial charge in [-0.05, 0) is 59.1 Å². The quantitative estimate of drug-likeness (QED) is 0.822. The lowest BCUT2D eigenvalue weighted by Crippen LogP contribution is -1.97. The first-order valence-corrected chi connectivity index (χ1v) is 6.81. The van der Waals surface area contributed by atoms with Gasteiger partial charge in [-0.25, -0.2) is 4.98 Å². The molecule has 0 amide bonds. The molecule has 1 aromatic carbocycles. The zero-order chi connectivity index (χ0) is 12.4. The van der Waals surface area contributed by atoms with Crippen molar-refractivity contribution in [3.8, 4) is 0 Å². The second-order valence-electron chi connectivity index (χ2n) is 3.87. The molecule has 1 N–H and O–H groups in total. The van der Waals surface area contributed by atoms with E-state index in [2.05, 4.69) is 55.2 Å². The van der Waals surface area contributed by atoms with Crippen LogP contribution in [-0.4, -0.2) is 4.98 Å². The first kappa shape index (κ1) is 12.6. The molecule has 4 heteroatoms. The van der Waals surface area contributed by atoms with Crippen molar-refractivity contribution in [1.82, 2.24) is 4.98 Å². The minimum atomic E-state index is 0.839. The minimum Gasteiger partial charge on any atom is -0.339 e. The van der Waals surface area contributed by atoms with Crippen molar-refractivity contribution in [3.05, 3.63) is 50.5 Å². The molecular weight excluding hydrogens is 344 g/mol. The third-order valence-corrected chi connectivity index (χ3v) is 4.03. The average molecular weight is 356 g/mol. The number of hydrogen-bond donors (Lipinski definition) is 1. The zero-order valence-electron chi connectivity index (χ0n) is 9.59. The van der Waals surface area contributed by atoms with Crippen LogP contribution >= 0.6 is 31.9 Å². The van der Waals surface area contributed by atoms with E-state index in [4.69, 9.17) is 0 Å². The van der Waals surface area contributed by atoms with Crippen LogP contribution in [0.15, 0.2) is 39.4 Å². The topological polar surface area (TPSA) is 24.9 Å². The van der Waals surface area contributed by atoms with Crippen LogP contribution in [0.5, 0.6) is 0 Å². The van der Waals surface area contributed by atoms with Gasteiger partial charge in [-0.2, -0.15) is 0 Å². The van der Waals surface area contributed by atoms with Crippen LogP contribution in [0.4, 0.5) is 11.5 Å². The first-order chi connectivity index (χ1) is 8.08. The molecule has 0 aliphatic carbocycles. The van der Waals surface area contributed by atoms with Gasteiger partial charge in [0.25, 0.3) is 0 Å². The molecule has 1 aromatic heterocycles. The van der Waals surface area contributed by atoms with Crippen molar-refractivity contribution in [2.24, 2.45) is 0 Å². The minimum absolute atomic E-state index is 0.839. The summed E-state index contributed by atoms with van der Waals surface area (Å²) >= 11 is 7.01. The Hall–Kier alpha value is -0.870. The molecule has 0 aliphatic heterocycles. The SMILES string of the molecule is Cc1ccc(Br)cc1Nc1nccc(C)c1Br. The Morgan fingerprint density at radius 3 is 2.59 bits per heavy atom. The van der Waals surface area contributed by atoms with Gasteiger partial charge in [0.05, 0.1) is 4.47 Å². The maximum Gasteiger partial charge on any atom is 0.144 e. The van der Waals surface area contributed by atoms with E-state index in [0.29, 0.717) is 0 Å². The highest BCUT2D eigenvalue weighted by atomic mass is 79.9. The van der Waals surface area contributed by atoms with Crippen LogP contribution < -0.4 is 5.32 Å². The molecule has 0 atom stereocenters. The van der Waals surface area contributed by atoms with Gasteiger partial charge in [-0.1, -0.05) is 22.0 Å². The van der Waals surface area contributed by atoms with Gasteiger partial charge < -0.3 is 5.32 Å². The molecule has 2 nitrogen and oxygen atoms in total. The number of aromatic nitrogens is 1. The Kier molecular flexibility index (Phi) is 3.84. The predicted molar refractivity (Wildman–Crippen MR) is 78.8 cm³/mol. The van der Waals surface area contributed by atoms with Crippen molar-refractivity contribution in [1.29, 1.82) is 0 Å². The Balaban J connectivity index is 2.38. The number of pyridine rings is 1. The highest BCUT2D eigenvalue weighted by Gasteiger charge is 2.06. The van der Waals surface area contributed by atoms with E-state index in [-0.39, 0.29) is 0 Å². The second kappa shape index (κ2) is 5.19. The summed E-state index contributed by atoms with van der Waals surface area (Å²) in [4.78, 5) is 4.33. The molecule has 88 valence electrons. The number of benzene rings is 1. The molecule has 0 bridgehead atoms. The highest BCUT2D eigenvalue weighted by Crippen LogP contribution is 2.29. The lowest BCUT2D eigenvalue weighted by Gasteiger charge is -2.11. The Morgan fingerprint density at radius 2 is 1.82 bits per heavy atom. The third kappa shape index (κ3) is 2.87. The van der Waals surface area contributed by atoms with Gasteiger partial charge in [-0.15, -0.1) is 0 Å². The predicted octanol–water partition coefficient (Wildman–Crippen LogP) is 4.97. The number of anilines is 2. The molecule has 0 saturated carbocycles. The molecule has 17 heavy (non-hydrogen) atoms. The summed E-state index contributed by atoms with van der Waals surface area (Å²) in [6.07, 6.45) is 1.80. The van der Waals surface area contributed by atoms with Crippen LogP contribution in [0.3, 0.4) is 0 Å². The average Bonchev–Trinajstić information content (AvgIpc) is 2.30. The van der Waals surface area contributed by atoms with E-state index in [0.717, 1.165) is 26.0 Å². The number of hydrogen-bond acceptors (Lipinski definition) is 2. The van der Waals surface area contributed by atoms with Crippen LogP contribution in [0.2, 0.25) is 0 Å². The normalized spacial score (nSPS) is 10.4. The van der Waals surface area contributed by atoms with Crippen LogP contribution in [0.25, 0.3) is 0 Å². The molecule has 0 unspecified atom stereocenters. The number of rotatable bonds is 2. The fraction of sp³-hybridized carbons (Fsp3) is 0.154. The zero-order valence-corrected chi connectivity index (χ0v) is 12.8. The van der Waals surface area contributed by atoms with Gasteiger partial charge in [0, 0.05) is 16.4 Å². The third-order valence-electron chi connectivity index (χ3n) is 2.53. The van der Waals surface area contributed by atoms with E-state index in [9.17, 15) is 0 Å². The first-order valence-electron chi connectivity index (χ1n) is 5.22. The van der Waals surface area contributed by atoms with Gasteiger partial charge >= 0.3 is 0 Å². The summed E-state index contributed by atoms with van der Waals surface area (Å²) < 4.78 is 2.05. The Morgan fingerprint density at radius 1 is 1.06 bits per heavy atom. The molecular formula is C13H12Br2N2. The molecule has 0 aliphatic rings. The second-order valence-corrected chi connectivity index (χ2v) is 5.58. The van der Waals surface area contributed by atoms with Crippen molar-refractivity contribution in [2.45, 2.75) is 13.8 Å². The summed E-state index contributed by atoms with van der Waals surface area (Å²) in [7, 11) is 0. The van der Waals surface area contributed by atoms with E-state index in [1.165, 1.54) is 5.56 Å². The standard InChI is InChI=1S/C13H12Br2N2/c1-8-3-4-10(14)7-11(8)17-13-12(15)9(2)5-6-16-13/h3-7H,1-2H3,(H,16,17). The lowest BCUT2D eigenvalue weighted by molar-refractivity contribution is 1.24. The molecule has 0 fully saturated rings. The Labute approximate surface area is 118 Å². The van der Waals surface area contributed by atoms with E-state index >= 15 is 0 Å². The monoisotopic (exact) mass is 354 g/mol. The maximum atomic E-state index is 4.33. The van der Waals surface area contributed by atoms with Crippen LogP contribution in [0, 0.1) is 13.8 Å². The van der Waals surface area contributed by atoms with Crippen molar-refractivity contribution < 1.29 is 0 Å². The van der Waals surface area contributed by atoms with Gasteiger partial charge in [-0.3, -0.25) is 0 Å². The molecule has 0 radical (unpaired) electrons. The Bertz CT molecular complexity index is 553. The number of nitrogens with one attached hydrogen (secondary N) is 1. The number of halogens is 2. The summed E-state index contributed by atoms with van der Waals surface area (Å²) in [5, 5.41) is 3.33. The van der Waals surface area contributed by atoms with Crippen molar-refractivity contribution in [3.63, 3.8) is 0 Å². The summed E-state index contributed by atoms with van der Waals surface area (Å²) in [6, 6.07) is 8.12. The smallest absolute Gasteiger partial charge is 0.144 e. The van der Waals surface area contributed by atoms with E-state index < -0.39 is 0 Å². The van der Waals surface area contributed by atoms with Crippen LogP contribution in [-0.2, 0) is 0 Å². The lowest BCUT2D eigenvalue weighted by atomic mass is 10.2. The van der Waals surface area contributed by atoms with Crippen LogP contribution in [0.1, 0.15) is 11.1 Å². The van der Waals surface area contributed by atoms with Crippen molar-refractivity contribution >= 4 is 43.4 Å². The van der Waals surface area contributed by atoms with Gasteiger partial charge in [0.2, 0.25) is 0 Å². The summed E-state index contributed by atoms with van der Waals surface area (Å²) in [6.45, 7) is 4.11. The van der Waals surface area contributed by atoms with Crippen molar-refractivity contribution in [2.75, 3.05) is 5.32 Å². The summed E-state index contributed by atoms with van der Waals surface area (Å²) in [5.74, 6) is 0.839. The fourth-order valence-electron chi connectivity index (χ4n) is 1.48. The molecule has 2 rings (SSSR count).